The lowest BCUT2D eigenvalue weighted by Gasteiger charge is -2.27. The van der Waals surface area contributed by atoms with Crippen LogP contribution in [0, 0.1) is 0 Å². The number of hydrogen-bond donors (Lipinski definition) is 1. The van der Waals surface area contributed by atoms with Crippen molar-refractivity contribution < 1.29 is 19.4 Å². The third-order valence-corrected chi connectivity index (χ3v) is 2.00. The molecule has 0 aliphatic rings. The maximum Gasteiger partial charge on any atom is 0.364 e. The number of ether oxygens (including phenoxy) is 2. The number of rotatable bonds is 8. The van der Waals surface area contributed by atoms with Crippen molar-refractivity contribution in [2.75, 3.05) is 13.2 Å². The van der Waals surface area contributed by atoms with E-state index in [0.717, 1.165) is 12.8 Å². The van der Waals surface area contributed by atoms with Crippen molar-refractivity contribution in [2.24, 2.45) is 0 Å². The Morgan fingerprint density at radius 3 is 2.29 bits per heavy atom. The lowest BCUT2D eigenvalue weighted by atomic mass is 10.2. The van der Waals surface area contributed by atoms with E-state index in [4.69, 9.17) is 14.6 Å². The minimum absolute atomic E-state index is 0.319. The van der Waals surface area contributed by atoms with Crippen LogP contribution in [0.5, 0.6) is 0 Å². The first-order valence-corrected chi connectivity index (χ1v) is 5.14. The van der Waals surface area contributed by atoms with Crippen LogP contribution in [0.15, 0.2) is 0 Å². The molecule has 0 aliphatic heterocycles. The molecule has 0 aromatic carbocycles. The van der Waals surface area contributed by atoms with Gasteiger partial charge in [0.05, 0.1) is 6.61 Å². The van der Waals surface area contributed by atoms with E-state index >= 15 is 0 Å². The summed E-state index contributed by atoms with van der Waals surface area (Å²) in [4.78, 5) is 11.0. The molecule has 84 valence electrons. The Bertz CT molecular complexity index is 170. The van der Waals surface area contributed by atoms with Crippen molar-refractivity contribution in [3.05, 3.63) is 0 Å². The summed E-state index contributed by atoms with van der Waals surface area (Å²) in [6.45, 7) is 6.30. The predicted octanol–water partition coefficient (Wildman–Crippen LogP) is 2.03. The van der Waals surface area contributed by atoms with Crippen LogP contribution in [0.3, 0.4) is 0 Å². The normalized spacial score (nSPS) is 15.1. The number of carboxylic acids is 1. The Kier molecular flexibility index (Phi) is 6.49. The second kappa shape index (κ2) is 6.79. The summed E-state index contributed by atoms with van der Waals surface area (Å²) in [5.74, 6) is -2.48. The van der Waals surface area contributed by atoms with Gasteiger partial charge in [-0.05, 0) is 13.3 Å². The van der Waals surface area contributed by atoms with Crippen molar-refractivity contribution in [2.45, 2.75) is 45.8 Å². The predicted molar refractivity (Wildman–Crippen MR) is 53.1 cm³/mol. The van der Waals surface area contributed by atoms with Crippen molar-refractivity contribution in [3.63, 3.8) is 0 Å². The van der Waals surface area contributed by atoms with E-state index in [-0.39, 0.29) is 0 Å². The third-order valence-electron chi connectivity index (χ3n) is 2.00. The molecular weight excluding hydrogens is 184 g/mol. The fourth-order valence-electron chi connectivity index (χ4n) is 1.14. The highest BCUT2D eigenvalue weighted by Gasteiger charge is 2.38. The standard InChI is InChI=1S/C10H20O4/c1-4-7-8-14-10(5-2,9(11)12)13-6-3/h4-8H2,1-3H3,(H,11,12). The zero-order valence-electron chi connectivity index (χ0n) is 9.21. The molecule has 0 spiro atoms. The Balaban J connectivity index is 4.26. The van der Waals surface area contributed by atoms with Gasteiger partial charge in [-0.1, -0.05) is 20.3 Å². The van der Waals surface area contributed by atoms with Crippen molar-refractivity contribution in [1.82, 2.24) is 0 Å². The van der Waals surface area contributed by atoms with Crippen LogP contribution in [-0.2, 0) is 14.3 Å². The average molecular weight is 204 g/mol. The summed E-state index contributed by atoms with van der Waals surface area (Å²) in [6.07, 6.45) is 2.15. The van der Waals surface area contributed by atoms with Gasteiger partial charge in [-0.15, -0.1) is 0 Å². The van der Waals surface area contributed by atoms with E-state index in [1.165, 1.54) is 0 Å². The van der Waals surface area contributed by atoms with Gasteiger partial charge < -0.3 is 14.6 Å². The summed E-state index contributed by atoms with van der Waals surface area (Å²) < 4.78 is 10.5. The van der Waals surface area contributed by atoms with Gasteiger partial charge in [-0.2, -0.15) is 0 Å². The van der Waals surface area contributed by atoms with Crippen LogP contribution in [0.1, 0.15) is 40.0 Å². The van der Waals surface area contributed by atoms with E-state index in [2.05, 4.69) is 0 Å². The van der Waals surface area contributed by atoms with Crippen LogP contribution in [0.4, 0.5) is 0 Å². The topological polar surface area (TPSA) is 55.8 Å². The average Bonchev–Trinajstić information content (AvgIpc) is 2.16. The summed E-state index contributed by atoms with van der Waals surface area (Å²) >= 11 is 0. The SMILES string of the molecule is CCCCOC(CC)(OCC)C(=O)O. The smallest absolute Gasteiger partial charge is 0.364 e. The van der Waals surface area contributed by atoms with E-state index in [9.17, 15) is 4.79 Å². The Morgan fingerprint density at radius 1 is 1.29 bits per heavy atom. The molecular formula is C10H20O4. The highest BCUT2D eigenvalue weighted by molar-refractivity contribution is 5.75. The first-order valence-electron chi connectivity index (χ1n) is 5.14. The largest absolute Gasteiger partial charge is 0.477 e. The number of hydrogen-bond acceptors (Lipinski definition) is 3. The maximum absolute atomic E-state index is 11.0. The van der Waals surface area contributed by atoms with Crippen molar-refractivity contribution in [3.8, 4) is 0 Å². The monoisotopic (exact) mass is 204 g/mol. The third kappa shape index (κ3) is 3.64. The molecule has 14 heavy (non-hydrogen) atoms. The summed E-state index contributed by atoms with van der Waals surface area (Å²) in [5.41, 5.74) is 0. The summed E-state index contributed by atoms with van der Waals surface area (Å²) in [5, 5.41) is 9.00. The Labute approximate surface area is 85.2 Å². The number of carboxylic acid groups (broad SMARTS) is 1. The molecule has 4 nitrogen and oxygen atoms in total. The summed E-state index contributed by atoms with van der Waals surface area (Å²) in [6, 6.07) is 0. The van der Waals surface area contributed by atoms with Gasteiger partial charge in [0.15, 0.2) is 0 Å². The first kappa shape index (κ1) is 13.4. The molecule has 0 saturated carbocycles. The van der Waals surface area contributed by atoms with Crippen LogP contribution in [-0.4, -0.2) is 30.1 Å². The van der Waals surface area contributed by atoms with Crippen molar-refractivity contribution in [1.29, 1.82) is 0 Å². The minimum Gasteiger partial charge on any atom is -0.477 e. The summed E-state index contributed by atoms with van der Waals surface area (Å²) in [7, 11) is 0. The van der Waals surface area contributed by atoms with Gasteiger partial charge >= 0.3 is 5.97 Å². The molecule has 1 unspecified atom stereocenters. The molecule has 1 atom stereocenters. The lowest BCUT2D eigenvalue weighted by Crippen LogP contribution is -2.44. The second-order valence-electron chi connectivity index (χ2n) is 3.05. The van der Waals surface area contributed by atoms with Crippen molar-refractivity contribution >= 4 is 5.97 Å². The lowest BCUT2D eigenvalue weighted by molar-refractivity contribution is -0.244. The maximum atomic E-state index is 11.0. The second-order valence-corrected chi connectivity index (χ2v) is 3.05. The van der Waals surface area contributed by atoms with Crippen LogP contribution in [0.2, 0.25) is 0 Å². The van der Waals surface area contributed by atoms with Gasteiger partial charge in [0.1, 0.15) is 0 Å². The fraction of sp³-hybridized carbons (Fsp3) is 0.900. The van der Waals surface area contributed by atoms with E-state index in [1.54, 1.807) is 13.8 Å². The van der Waals surface area contributed by atoms with Gasteiger partial charge in [0, 0.05) is 13.0 Å². The van der Waals surface area contributed by atoms with Crippen LogP contribution >= 0.6 is 0 Å². The zero-order chi connectivity index (χ0) is 11.0. The first-order chi connectivity index (χ1) is 6.63. The van der Waals surface area contributed by atoms with Crippen LogP contribution in [0.25, 0.3) is 0 Å². The highest BCUT2D eigenvalue weighted by Crippen LogP contribution is 2.18. The molecule has 0 aliphatic carbocycles. The van der Waals surface area contributed by atoms with Gasteiger partial charge in [-0.3, -0.25) is 0 Å². The van der Waals surface area contributed by atoms with Crippen LogP contribution < -0.4 is 0 Å². The van der Waals surface area contributed by atoms with Gasteiger partial charge in [-0.25, -0.2) is 4.79 Å². The number of unbranched alkanes of at least 4 members (excludes halogenated alkanes) is 1. The van der Waals surface area contributed by atoms with E-state index in [0.29, 0.717) is 19.6 Å². The molecule has 4 heteroatoms. The highest BCUT2D eigenvalue weighted by atomic mass is 16.7. The Hall–Kier alpha value is -0.610. The van der Waals surface area contributed by atoms with E-state index in [1.807, 2.05) is 6.92 Å². The van der Waals surface area contributed by atoms with Gasteiger partial charge in [0.25, 0.3) is 5.79 Å². The molecule has 0 saturated heterocycles. The molecule has 0 aromatic rings. The molecule has 0 rings (SSSR count). The fourth-order valence-corrected chi connectivity index (χ4v) is 1.14. The molecule has 0 fully saturated rings. The molecule has 0 radical (unpaired) electrons. The molecule has 0 amide bonds. The molecule has 0 bridgehead atoms. The molecule has 1 N–H and O–H groups in total. The number of aliphatic carboxylic acids is 1. The minimum atomic E-state index is -1.44. The molecule has 0 aromatic heterocycles. The zero-order valence-corrected chi connectivity index (χ0v) is 9.21. The quantitative estimate of drug-likeness (QED) is 0.485. The molecule has 0 heterocycles. The number of carbonyl (C=O) groups is 1. The Morgan fingerprint density at radius 2 is 1.93 bits per heavy atom. The van der Waals surface area contributed by atoms with E-state index < -0.39 is 11.8 Å². The van der Waals surface area contributed by atoms with Gasteiger partial charge in [0.2, 0.25) is 0 Å².